The lowest BCUT2D eigenvalue weighted by molar-refractivity contribution is -0.116. The molecule has 0 fully saturated rings. The summed E-state index contributed by atoms with van der Waals surface area (Å²) in [4.78, 5) is 12.4. The summed E-state index contributed by atoms with van der Waals surface area (Å²) >= 11 is 5.99. The number of nitrogens with one attached hydrogen (secondary N) is 1. The second kappa shape index (κ2) is 6.25. The molecule has 0 unspecified atom stereocenters. The van der Waals surface area contributed by atoms with Crippen molar-refractivity contribution < 1.29 is 4.79 Å². The molecule has 1 aliphatic rings. The van der Waals surface area contributed by atoms with Crippen LogP contribution in [0.3, 0.4) is 0 Å². The van der Waals surface area contributed by atoms with Crippen LogP contribution >= 0.6 is 11.6 Å². The van der Waals surface area contributed by atoms with Crippen molar-refractivity contribution >= 4 is 34.1 Å². The molecule has 0 aliphatic carbocycles. The first-order chi connectivity index (χ1) is 13.2. The van der Waals surface area contributed by atoms with Crippen LogP contribution in [-0.4, -0.2) is 15.7 Å². The van der Waals surface area contributed by atoms with Crippen LogP contribution in [0.25, 0.3) is 16.5 Å². The second-order valence-corrected chi connectivity index (χ2v) is 7.18. The highest BCUT2D eigenvalue weighted by molar-refractivity contribution is 6.30. The Morgan fingerprint density at radius 1 is 1.00 bits per heavy atom. The lowest BCUT2D eigenvalue weighted by Gasteiger charge is -2.24. The Kier molecular flexibility index (Phi) is 3.73. The van der Waals surface area contributed by atoms with Gasteiger partial charge >= 0.3 is 0 Å². The number of amides is 1. The first kappa shape index (κ1) is 16.1. The number of fused-ring (bicyclic) bond motifs is 2. The predicted octanol–water partition coefficient (Wildman–Crippen LogP) is 5.15. The van der Waals surface area contributed by atoms with Crippen LogP contribution in [0.5, 0.6) is 0 Å². The van der Waals surface area contributed by atoms with Gasteiger partial charge in [-0.05, 0) is 40.6 Å². The Morgan fingerprint density at radius 3 is 2.59 bits per heavy atom. The van der Waals surface area contributed by atoms with Gasteiger partial charge in [0.2, 0.25) is 5.91 Å². The predicted molar refractivity (Wildman–Crippen MR) is 108 cm³/mol. The molecule has 4 nitrogen and oxygen atoms in total. The molecule has 0 spiro atoms. The van der Waals surface area contributed by atoms with Crippen LogP contribution in [0.1, 0.15) is 23.5 Å². The number of carbonyl (C=O) groups excluding carboxylic acids is 1. The van der Waals surface area contributed by atoms with E-state index in [1.165, 1.54) is 10.8 Å². The van der Waals surface area contributed by atoms with Crippen LogP contribution in [0, 0.1) is 0 Å². The number of hydrogen-bond donors (Lipinski definition) is 1. The summed E-state index contributed by atoms with van der Waals surface area (Å²) in [6.45, 7) is 0. The summed E-state index contributed by atoms with van der Waals surface area (Å²) in [6.07, 6.45) is 2.26. The van der Waals surface area contributed by atoms with E-state index in [9.17, 15) is 4.79 Å². The molecule has 132 valence electrons. The topological polar surface area (TPSA) is 46.9 Å². The molecule has 1 atom stereocenters. The molecule has 3 aromatic carbocycles. The third kappa shape index (κ3) is 2.78. The fraction of sp³-hybridized carbons (Fsp3) is 0.0909. The van der Waals surface area contributed by atoms with Gasteiger partial charge < -0.3 is 5.32 Å². The van der Waals surface area contributed by atoms with Crippen molar-refractivity contribution in [3.05, 3.63) is 89.1 Å². The van der Waals surface area contributed by atoms with E-state index in [1.807, 2.05) is 42.6 Å². The van der Waals surface area contributed by atoms with Crippen molar-refractivity contribution in [1.82, 2.24) is 9.78 Å². The van der Waals surface area contributed by atoms with Crippen LogP contribution in [0.2, 0.25) is 5.02 Å². The zero-order valence-corrected chi connectivity index (χ0v) is 15.1. The Hall–Kier alpha value is -3.11. The minimum atomic E-state index is -0.0144. The van der Waals surface area contributed by atoms with Crippen molar-refractivity contribution in [2.75, 3.05) is 5.32 Å². The van der Waals surface area contributed by atoms with Gasteiger partial charge in [0.25, 0.3) is 0 Å². The number of benzene rings is 3. The van der Waals surface area contributed by atoms with E-state index in [-0.39, 0.29) is 11.8 Å². The molecule has 0 bridgehead atoms. The number of anilines is 1. The van der Waals surface area contributed by atoms with Gasteiger partial charge in [0.05, 0.1) is 11.9 Å². The van der Waals surface area contributed by atoms with Crippen LogP contribution in [0.4, 0.5) is 5.82 Å². The average molecular weight is 374 g/mol. The minimum absolute atomic E-state index is 0.00336. The maximum absolute atomic E-state index is 12.4. The summed E-state index contributed by atoms with van der Waals surface area (Å²) in [5.74, 6) is 0.711. The fourth-order valence-electron chi connectivity index (χ4n) is 3.72. The maximum atomic E-state index is 12.4. The number of nitrogens with zero attached hydrogens (tertiary/aromatic N) is 2. The van der Waals surface area contributed by atoms with E-state index in [0.29, 0.717) is 11.4 Å². The highest BCUT2D eigenvalue weighted by Crippen LogP contribution is 2.38. The summed E-state index contributed by atoms with van der Waals surface area (Å²) in [7, 11) is 0. The average Bonchev–Trinajstić information content (AvgIpc) is 3.11. The molecular weight excluding hydrogens is 358 g/mol. The molecule has 5 rings (SSSR count). The highest BCUT2D eigenvalue weighted by Gasteiger charge is 2.30. The lowest BCUT2D eigenvalue weighted by Crippen LogP contribution is -2.24. The summed E-state index contributed by atoms with van der Waals surface area (Å²) in [5, 5.41) is 10.5. The van der Waals surface area contributed by atoms with E-state index < -0.39 is 0 Å². The Morgan fingerprint density at radius 2 is 1.78 bits per heavy atom. The van der Waals surface area contributed by atoms with Crippen LogP contribution in [-0.2, 0) is 4.79 Å². The molecule has 1 amide bonds. The number of hydrogen-bond acceptors (Lipinski definition) is 2. The van der Waals surface area contributed by atoms with Gasteiger partial charge in [-0.1, -0.05) is 54.1 Å². The van der Waals surface area contributed by atoms with Gasteiger partial charge in [-0.15, -0.1) is 0 Å². The Balaban J connectivity index is 1.62. The van der Waals surface area contributed by atoms with Gasteiger partial charge in [0.1, 0.15) is 5.82 Å². The molecule has 1 N–H and O–H groups in total. The summed E-state index contributed by atoms with van der Waals surface area (Å²) in [6, 6.07) is 22.1. The quantitative estimate of drug-likeness (QED) is 0.528. The fourth-order valence-corrected chi connectivity index (χ4v) is 3.85. The molecule has 0 saturated carbocycles. The van der Waals surface area contributed by atoms with E-state index in [0.717, 1.165) is 22.6 Å². The zero-order chi connectivity index (χ0) is 18.4. The molecule has 1 aliphatic heterocycles. The highest BCUT2D eigenvalue weighted by atomic mass is 35.5. The number of halogens is 1. The minimum Gasteiger partial charge on any atom is -0.310 e. The number of aromatic nitrogens is 2. The van der Waals surface area contributed by atoms with Crippen molar-refractivity contribution in [3.8, 4) is 5.69 Å². The standard InChI is InChI=1S/C22H16ClN3O/c23-17-7-9-18(10-8-17)26-22-20(13-24-26)19(12-21(27)25-22)16-6-5-14-3-1-2-4-15(14)11-16/h1-11,13,19H,12H2,(H,25,27)/t19-/m1/s1. The van der Waals surface area contributed by atoms with Crippen molar-refractivity contribution in [2.24, 2.45) is 0 Å². The largest absolute Gasteiger partial charge is 0.310 e. The van der Waals surface area contributed by atoms with E-state index in [1.54, 1.807) is 4.68 Å². The third-order valence-electron chi connectivity index (χ3n) is 5.07. The van der Waals surface area contributed by atoms with Crippen molar-refractivity contribution in [2.45, 2.75) is 12.3 Å². The zero-order valence-electron chi connectivity index (χ0n) is 14.4. The number of carbonyl (C=O) groups is 1. The normalized spacial score (nSPS) is 16.2. The van der Waals surface area contributed by atoms with Crippen LogP contribution in [0.15, 0.2) is 72.9 Å². The molecule has 0 saturated heterocycles. The van der Waals surface area contributed by atoms with Gasteiger partial charge in [-0.3, -0.25) is 4.79 Å². The smallest absolute Gasteiger partial charge is 0.226 e. The maximum Gasteiger partial charge on any atom is 0.226 e. The molecule has 1 aromatic heterocycles. The van der Waals surface area contributed by atoms with Gasteiger partial charge in [-0.2, -0.15) is 5.10 Å². The van der Waals surface area contributed by atoms with Gasteiger partial charge in [0.15, 0.2) is 0 Å². The van der Waals surface area contributed by atoms with Gasteiger partial charge in [0, 0.05) is 22.9 Å². The summed E-state index contributed by atoms with van der Waals surface area (Å²) in [5.41, 5.74) is 3.01. The molecule has 5 heteroatoms. The van der Waals surface area contributed by atoms with E-state index in [2.05, 4.69) is 40.7 Å². The van der Waals surface area contributed by atoms with Crippen molar-refractivity contribution in [1.29, 1.82) is 0 Å². The third-order valence-corrected chi connectivity index (χ3v) is 5.32. The molecule has 27 heavy (non-hydrogen) atoms. The molecular formula is C22H16ClN3O. The SMILES string of the molecule is O=C1C[C@H](c2ccc3ccccc3c2)c2cnn(-c3ccc(Cl)cc3)c2N1. The summed E-state index contributed by atoms with van der Waals surface area (Å²) < 4.78 is 1.76. The van der Waals surface area contributed by atoms with E-state index >= 15 is 0 Å². The first-order valence-corrected chi connectivity index (χ1v) is 9.19. The van der Waals surface area contributed by atoms with Crippen molar-refractivity contribution in [3.63, 3.8) is 0 Å². The molecule has 2 heterocycles. The monoisotopic (exact) mass is 373 g/mol. The second-order valence-electron chi connectivity index (χ2n) is 6.75. The Labute approximate surface area is 161 Å². The van der Waals surface area contributed by atoms with E-state index in [4.69, 9.17) is 11.6 Å². The Bertz CT molecular complexity index is 1160. The van der Waals surface area contributed by atoms with Crippen LogP contribution < -0.4 is 5.32 Å². The molecule has 4 aromatic rings. The first-order valence-electron chi connectivity index (χ1n) is 8.81. The van der Waals surface area contributed by atoms with Gasteiger partial charge in [-0.25, -0.2) is 4.68 Å². The molecule has 0 radical (unpaired) electrons. The lowest BCUT2D eigenvalue weighted by atomic mass is 9.86. The number of rotatable bonds is 2.